The molecule has 0 aliphatic rings. The summed E-state index contributed by atoms with van der Waals surface area (Å²) in [6, 6.07) is 8.55. The third-order valence-corrected chi connectivity index (χ3v) is 5.18. The SMILES string of the molecule is CC(=O)Nc1nc2ccc(-c3cnc(Cl)c(NS(C)(=O)=O)c3)nn2c1-c1ccncc1.O=CC(F)(F)F. The molecule has 0 atom stereocenters. The van der Waals surface area contributed by atoms with Gasteiger partial charge in [0.2, 0.25) is 22.2 Å². The van der Waals surface area contributed by atoms with Crippen LogP contribution in [-0.4, -0.2) is 57.6 Å². The van der Waals surface area contributed by atoms with Crippen molar-refractivity contribution in [2.24, 2.45) is 0 Å². The Labute approximate surface area is 212 Å². The van der Waals surface area contributed by atoms with Crippen LogP contribution in [-0.2, 0) is 19.6 Å². The standard InChI is InChI=1S/C19H16ClN7O3S.C2HF3O/c1-11(28)23-19-17(12-5-7-21-8-6-12)27-16(24-19)4-3-14(25-27)13-9-15(18(20)22-10-13)26-31(2,29)30;3-2(4,5)1-6/h3-10,26H,1-2H3,(H,23,28);1H. The molecule has 11 nitrogen and oxygen atoms in total. The number of nitrogens with zero attached hydrogens (tertiary/aromatic N) is 5. The van der Waals surface area contributed by atoms with Crippen LogP contribution in [0.4, 0.5) is 24.7 Å². The van der Waals surface area contributed by atoms with Gasteiger partial charge in [-0.25, -0.2) is 22.9 Å². The predicted octanol–water partition coefficient (Wildman–Crippen LogP) is 3.58. The van der Waals surface area contributed by atoms with Gasteiger partial charge in [0.25, 0.3) is 0 Å². The maximum atomic E-state index is 11.7. The summed E-state index contributed by atoms with van der Waals surface area (Å²) in [6.07, 6.45) is 0.0653. The average molecular weight is 556 g/mol. The number of nitrogens with one attached hydrogen (secondary N) is 2. The number of alkyl halides is 3. The van der Waals surface area contributed by atoms with Crippen molar-refractivity contribution in [2.75, 3.05) is 16.3 Å². The Morgan fingerprint density at radius 3 is 2.35 bits per heavy atom. The van der Waals surface area contributed by atoms with E-state index in [0.717, 1.165) is 11.8 Å². The fourth-order valence-electron chi connectivity index (χ4n) is 2.97. The normalized spacial score (nSPS) is 11.4. The zero-order valence-electron chi connectivity index (χ0n) is 19.0. The van der Waals surface area contributed by atoms with Crippen molar-refractivity contribution in [3.05, 3.63) is 54.1 Å². The summed E-state index contributed by atoms with van der Waals surface area (Å²) < 4.78 is 58.4. The van der Waals surface area contributed by atoms with Crippen molar-refractivity contribution < 1.29 is 31.2 Å². The minimum absolute atomic E-state index is 0.0169. The van der Waals surface area contributed by atoms with Crippen molar-refractivity contribution >= 4 is 51.0 Å². The highest BCUT2D eigenvalue weighted by Gasteiger charge is 2.25. The average Bonchev–Trinajstić information content (AvgIpc) is 3.16. The van der Waals surface area contributed by atoms with Crippen molar-refractivity contribution in [3.63, 3.8) is 0 Å². The van der Waals surface area contributed by atoms with E-state index in [9.17, 15) is 26.4 Å². The molecule has 0 radical (unpaired) electrons. The van der Waals surface area contributed by atoms with Crippen LogP contribution >= 0.6 is 11.6 Å². The topological polar surface area (TPSA) is 148 Å². The van der Waals surface area contributed by atoms with Gasteiger partial charge in [-0.15, -0.1) is 0 Å². The van der Waals surface area contributed by atoms with Crippen LogP contribution in [0.1, 0.15) is 6.92 Å². The van der Waals surface area contributed by atoms with Gasteiger partial charge in [0.1, 0.15) is 5.69 Å². The number of pyridine rings is 2. The summed E-state index contributed by atoms with van der Waals surface area (Å²) >= 11 is 6.02. The van der Waals surface area contributed by atoms with Gasteiger partial charge in [-0.05, 0) is 30.3 Å². The molecule has 0 aliphatic carbocycles. The first-order valence-electron chi connectivity index (χ1n) is 10.0. The van der Waals surface area contributed by atoms with E-state index in [1.54, 1.807) is 47.2 Å². The number of rotatable bonds is 5. The Balaban J connectivity index is 0.000000568. The molecule has 0 aliphatic heterocycles. The van der Waals surface area contributed by atoms with Crippen molar-refractivity contribution in [2.45, 2.75) is 13.1 Å². The molecule has 16 heteroatoms. The van der Waals surface area contributed by atoms with Gasteiger partial charge in [-0.2, -0.15) is 18.3 Å². The molecule has 0 spiro atoms. The summed E-state index contributed by atoms with van der Waals surface area (Å²) in [4.78, 5) is 32.9. The van der Waals surface area contributed by atoms with Gasteiger partial charge in [0.05, 0.1) is 17.6 Å². The number of fused-ring (bicyclic) bond motifs is 1. The van der Waals surface area contributed by atoms with E-state index in [2.05, 4.69) is 30.1 Å². The lowest BCUT2D eigenvalue weighted by Crippen LogP contribution is -2.10. The van der Waals surface area contributed by atoms with E-state index in [-0.39, 0.29) is 16.7 Å². The van der Waals surface area contributed by atoms with Crippen LogP contribution in [0.15, 0.2) is 48.9 Å². The number of aldehydes is 1. The number of halogens is 4. The van der Waals surface area contributed by atoms with E-state index in [1.807, 2.05) is 0 Å². The second kappa shape index (κ2) is 10.9. The Bertz CT molecular complexity index is 1560. The van der Waals surface area contributed by atoms with Crippen LogP contribution in [0.5, 0.6) is 0 Å². The first-order chi connectivity index (χ1) is 17.3. The zero-order valence-corrected chi connectivity index (χ0v) is 20.6. The lowest BCUT2D eigenvalue weighted by atomic mass is 10.2. The second-order valence-electron chi connectivity index (χ2n) is 7.31. The summed E-state index contributed by atoms with van der Waals surface area (Å²) in [6.45, 7) is 1.40. The van der Waals surface area contributed by atoms with Gasteiger partial charge in [-0.3, -0.25) is 19.3 Å². The van der Waals surface area contributed by atoms with Crippen molar-refractivity contribution in [1.29, 1.82) is 0 Å². The quantitative estimate of drug-likeness (QED) is 0.280. The first-order valence-corrected chi connectivity index (χ1v) is 12.3. The number of hydrogen-bond acceptors (Lipinski definition) is 8. The number of aromatic nitrogens is 5. The fourth-order valence-corrected chi connectivity index (χ4v) is 3.73. The van der Waals surface area contributed by atoms with Crippen LogP contribution in [0, 0.1) is 0 Å². The molecule has 0 fully saturated rings. The highest BCUT2D eigenvalue weighted by molar-refractivity contribution is 7.92. The molecule has 194 valence electrons. The largest absolute Gasteiger partial charge is 0.446 e. The monoisotopic (exact) mass is 555 g/mol. The zero-order chi connectivity index (χ0) is 27.4. The van der Waals surface area contributed by atoms with E-state index in [4.69, 9.17) is 16.4 Å². The summed E-state index contributed by atoms with van der Waals surface area (Å²) in [5.41, 5.74) is 3.01. The third-order valence-electron chi connectivity index (χ3n) is 4.29. The summed E-state index contributed by atoms with van der Waals surface area (Å²) in [5.74, 6) is 0.0920. The molecule has 4 aromatic rings. The third kappa shape index (κ3) is 7.44. The number of imidazole rings is 1. The van der Waals surface area contributed by atoms with E-state index in [0.29, 0.717) is 28.4 Å². The molecule has 4 aromatic heterocycles. The molecule has 1 amide bonds. The Kier molecular flexibility index (Phi) is 8.08. The molecule has 0 saturated carbocycles. The van der Waals surface area contributed by atoms with Gasteiger partial charge in [0.15, 0.2) is 16.6 Å². The molecular formula is C21H17ClF3N7O4S. The minimum atomic E-state index is -4.64. The van der Waals surface area contributed by atoms with Crippen LogP contribution < -0.4 is 10.0 Å². The fraction of sp³-hybridized carbons (Fsp3) is 0.143. The van der Waals surface area contributed by atoms with Crippen molar-refractivity contribution in [1.82, 2.24) is 24.6 Å². The molecule has 37 heavy (non-hydrogen) atoms. The number of sulfonamides is 1. The van der Waals surface area contributed by atoms with Crippen molar-refractivity contribution in [3.8, 4) is 22.5 Å². The molecule has 0 bridgehead atoms. The highest BCUT2D eigenvalue weighted by atomic mass is 35.5. The molecule has 4 rings (SSSR count). The Hall–Kier alpha value is -4.11. The van der Waals surface area contributed by atoms with E-state index in [1.165, 1.54) is 13.1 Å². The van der Waals surface area contributed by atoms with Crippen LogP contribution in [0.2, 0.25) is 5.15 Å². The van der Waals surface area contributed by atoms with E-state index >= 15 is 0 Å². The van der Waals surface area contributed by atoms with Crippen LogP contribution in [0.25, 0.3) is 28.2 Å². The lowest BCUT2D eigenvalue weighted by Gasteiger charge is -2.09. The van der Waals surface area contributed by atoms with Gasteiger partial charge >= 0.3 is 6.18 Å². The lowest BCUT2D eigenvalue weighted by molar-refractivity contribution is -0.156. The maximum Gasteiger partial charge on any atom is 0.446 e. The number of amides is 1. The number of anilines is 2. The molecular weight excluding hydrogens is 539 g/mol. The second-order valence-corrected chi connectivity index (χ2v) is 9.42. The van der Waals surface area contributed by atoms with Gasteiger partial charge < -0.3 is 5.32 Å². The van der Waals surface area contributed by atoms with E-state index < -0.39 is 22.5 Å². The smallest absolute Gasteiger partial charge is 0.309 e. The summed E-state index contributed by atoms with van der Waals surface area (Å²) in [7, 11) is -3.54. The number of hydrogen-bond donors (Lipinski definition) is 2. The maximum absolute atomic E-state index is 11.7. The molecule has 2 N–H and O–H groups in total. The summed E-state index contributed by atoms with van der Waals surface area (Å²) in [5, 5.41) is 7.38. The number of carbonyl (C=O) groups is 2. The molecule has 0 aromatic carbocycles. The minimum Gasteiger partial charge on any atom is -0.309 e. The Morgan fingerprint density at radius 1 is 1.14 bits per heavy atom. The molecule has 4 heterocycles. The highest BCUT2D eigenvalue weighted by Crippen LogP contribution is 2.31. The first kappa shape index (κ1) is 27.5. The van der Waals surface area contributed by atoms with Gasteiger partial charge in [-0.1, -0.05) is 11.6 Å². The number of carbonyl (C=O) groups excluding carboxylic acids is 2. The molecule has 0 unspecified atom stereocenters. The van der Waals surface area contributed by atoms with Gasteiger partial charge in [0, 0.05) is 36.6 Å². The molecule has 0 saturated heterocycles. The Morgan fingerprint density at radius 2 is 1.78 bits per heavy atom. The predicted molar refractivity (Wildman–Crippen MR) is 129 cm³/mol. The van der Waals surface area contributed by atoms with Crippen LogP contribution in [0.3, 0.4) is 0 Å².